The molecule has 0 radical (unpaired) electrons. The van der Waals surface area contributed by atoms with Gasteiger partial charge >= 0.3 is 0 Å². The molecule has 1 unspecified atom stereocenters. The lowest BCUT2D eigenvalue weighted by atomic mass is 10.1. The highest BCUT2D eigenvalue weighted by Gasteiger charge is 2.33. The molecule has 3 N–H and O–H groups in total. The number of rotatable bonds is 6. The molecule has 8 nitrogen and oxygen atoms in total. The Balaban J connectivity index is 1.28. The van der Waals surface area contributed by atoms with Gasteiger partial charge in [0.1, 0.15) is 0 Å². The Labute approximate surface area is 225 Å². The Hall–Kier alpha value is -3.92. The molecule has 0 amide bonds. The molecule has 0 bridgehead atoms. The van der Waals surface area contributed by atoms with Crippen LogP contribution >= 0.6 is 11.6 Å². The zero-order valence-corrected chi connectivity index (χ0v) is 21.9. The molecule has 5 aromatic rings. The predicted molar refractivity (Wildman–Crippen MR) is 151 cm³/mol. The second kappa shape index (κ2) is 9.75. The predicted octanol–water partition coefficient (Wildman–Crippen LogP) is 5.20. The molecule has 6 rings (SSSR count). The molecule has 38 heavy (non-hydrogen) atoms. The van der Waals surface area contributed by atoms with Gasteiger partial charge < -0.3 is 15.6 Å². The summed E-state index contributed by atoms with van der Waals surface area (Å²) in [5.41, 5.74) is 9.81. The molecule has 1 saturated heterocycles. The van der Waals surface area contributed by atoms with Gasteiger partial charge in [0.15, 0.2) is 0 Å². The Kier molecular flexibility index (Phi) is 6.27. The summed E-state index contributed by atoms with van der Waals surface area (Å²) in [6.07, 6.45) is 4.25. The van der Waals surface area contributed by atoms with Crippen molar-refractivity contribution in [3.05, 3.63) is 96.3 Å². The van der Waals surface area contributed by atoms with Crippen LogP contribution in [0.25, 0.3) is 27.8 Å². The largest absolute Gasteiger partial charge is 0.399 e. The van der Waals surface area contributed by atoms with E-state index in [0.29, 0.717) is 41.9 Å². The first-order chi connectivity index (χ1) is 18.4. The Morgan fingerprint density at radius 2 is 1.71 bits per heavy atom. The Bertz CT molecular complexity index is 1720. The van der Waals surface area contributed by atoms with Crippen molar-refractivity contribution in [3.63, 3.8) is 0 Å². The van der Waals surface area contributed by atoms with Gasteiger partial charge in [0.25, 0.3) is 0 Å². The van der Waals surface area contributed by atoms with Crippen molar-refractivity contribution in [3.8, 4) is 16.9 Å². The molecule has 1 aliphatic heterocycles. The highest BCUT2D eigenvalue weighted by Crippen LogP contribution is 2.35. The van der Waals surface area contributed by atoms with Gasteiger partial charge in [-0.15, -0.1) is 0 Å². The Morgan fingerprint density at radius 1 is 0.974 bits per heavy atom. The summed E-state index contributed by atoms with van der Waals surface area (Å²) in [7, 11) is -3.61. The van der Waals surface area contributed by atoms with E-state index in [1.54, 1.807) is 18.3 Å². The minimum atomic E-state index is -3.61. The third-order valence-corrected chi connectivity index (χ3v) is 8.90. The highest BCUT2D eigenvalue weighted by atomic mass is 35.5. The lowest BCUT2D eigenvalue weighted by Crippen LogP contribution is -2.32. The van der Waals surface area contributed by atoms with E-state index in [1.165, 1.54) is 16.4 Å². The van der Waals surface area contributed by atoms with Crippen molar-refractivity contribution in [1.29, 1.82) is 0 Å². The van der Waals surface area contributed by atoms with E-state index in [0.717, 1.165) is 22.2 Å². The maximum Gasteiger partial charge on any atom is 0.243 e. The van der Waals surface area contributed by atoms with Crippen molar-refractivity contribution in [2.75, 3.05) is 24.1 Å². The number of nitrogen functional groups attached to an aromatic ring is 1. The molecular weight excluding hydrogens is 520 g/mol. The summed E-state index contributed by atoms with van der Waals surface area (Å²) in [5, 5.41) is 4.77. The van der Waals surface area contributed by atoms with Gasteiger partial charge in [-0.1, -0.05) is 48.0 Å². The van der Waals surface area contributed by atoms with Gasteiger partial charge in [-0.05, 0) is 48.9 Å². The van der Waals surface area contributed by atoms with Gasteiger partial charge in [0.2, 0.25) is 16.0 Å². The fourth-order valence-electron chi connectivity index (χ4n) is 4.83. The fraction of sp³-hybridized carbons (Fsp3) is 0.143. The molecule has 1 aliphatic rings. The lowest BCUT2D eigenvalue weighted by molar-refractivity contribution is 0.474. The number of nitrogens with one attached hydrogen (secondary N) is 1. The number of hydrogen-bond acceptors (Lipinski definition) is 6. The number of fused-ring (bicyclic) bond motifs is 1. The number of para-hydroxylation sites is 2. The molecule has 0 saturated carbocycles. The van der Waals surface area contributed by atoms with Crippen molar-refractivity contribution < 1.29 is 8.42 Å². The molecule has 1 fully saturated rings. The van der Waals surface area contributed by atoms with Crippen molar-refractivity contribution in [1.82, 2.24) is 18.8 Å². The van der Waals surface area contributed by atoms with E-state index < -0.39 is 10.0 Å². The van der Waals surface area contributed by atoms with E-state index in [4.69, 9.17) is 22.3 Å². The molecular formula is C28H25ClN6O2S. The number of benzene rings is 3. The summed E-state index contributed by atoms with van der Waals surface area (Å²) in [6.45, 7) is 0.705. The number of nitrogens with two attached hydrogens (primary N) is 1. The Morgan fingerprint density at radius 3 is 2.50 bits per heavy atom. The lowest BCUT2D eigenvalue weighted by Gasteiger charge is -2.17. The molecule has 1 atom stereocenters. The van der Waals surface area contributed by atoms with Gasteiger partial charge in [-0.2, -0.15) is 4.31 Å². The van der Waals surface area contributed by atoms with E-state index in [1.807, 2.05) is 42.6 Å². The second-order valence-corrected chi connectivity index (χ2v) is 11.6. The smallest absolute Gasteiger partial charge is 0.243 e. The van der Waals surface area contributed by atoms with Crippen LogP contribution in [-0.4, -0.2) is 46.4 Å². The van der Waals surface area contributed by atoms with Crippen LogP contribution in [-0.2, 0) is 10.0 Å². The molecule has 3 heterocycles. The van der Waals surface area contributed by atoms with Crippen LogP contribution in [0.5, 0.6) is 0 Å². The first-order valence-electron chi connectivity index (χ1n) is 12.2. The minimum Gasteiger partial charge on any atom is -0.399 e. The SMILES string of the molecule is Nc1ccc(S(=O)(=O)N2CCC(Nc3ncc(Cl)c(-c4cn(-c5ccccc5)c5ccccc45)n3)C2)cc1. The first-order valence-corrected chi connectivity index (χ1v) is 14.0. The summed E-state index contributed by atoms with van der Waals surface area (Å²) in [4.78, 5) is 9.38. The van der Waals surface area contributed by atoms with Crippen molar-refractivity contribution in [2.24, 2.45) is 0 Å². The van der Waals surface area contributed by atoms with E-state index in [-0.39, 0.29) is 10.9 Å². The quantitative estimate of drug-likeness (QED) is 0.285. The minimum absolute atomic E-state index is 0.141. The highest BCUT2D eigenvalue weighted by molar-refractivity contribution is 7.89. The number of nitrogens with zero attached hydrogens (tertiary/aromatic N) is 4. The van der Waals surface area contributed by atoms with Gasteiger partial charge in [0, 0.05) is 47.7 Å². The molecule has 0 aliphatic carbocycles. The third-order valence-electron chi connectivity index (χ3n) is 6.75. The summed E-state index contributed by atoms with van der Waals surface area (Å²) in [5.74, 6) is 0.401. The fourth-order valence-corrected chi connectivity index (χ4v) is 6.52. The summed E-state index contributed by atoms with van der Waals surface area (Å²) < 4.78 is 29.7. The zero-order valence-electron chi connectivity index (χ0n) is 20.3. The van der Waals surface area contributed by atoms with Crippen LogP contribution in [0.15, 0.2) is 96.2 Å². The van der Waals surface area contributed by atoms with Crippen LogP contribution in [0.1, 0.15) is 6.42 Å². The van der Waals surface area contributed by atoms with Crippen molar-refractivity contribution in [2.45, 2.75) is 17.4 Å². The monoisotopic (exact) mass is 544 g/mol. The van der Waals surface area contributed by atoms with Crippen molar-refractivity contribution >= 4 is 44.2 Å². The van der Waals surface area contributed by atoms with E-state index in [9.17, 15) is 8.42 Å². The topological polar surface area (TPSA) is 106 Å². The van der Waals surface area contributed by atoms with Crippen LogP contribution in [0.4, 0.5) is 11.6 Å². The molecule has 192 valence electrons. The standard InChI is InChI=1S/C28H25ClN6O2S/c29-25-16-31-28(32-20-14-15-34(17-20)38(36,37)22-12-10-19(30)11-13-22)33-27(25)24-18-35(21-6-2-1-3-7-21)26-9-5-4-8-23(24)26/h1-13,16,18,20H,14-15,17,30H2,(H,31,32,33). The number of aromatic nitrogens is 3. The number of anilines is 2. The van der Waals surface area contributed by atoms with Crippen LogP contribution in [0, 0.1) is 0 Å². The zero-order chi connectivity index (χ0) is 26.3. The van der Waals surface area contributed by atoms with Gasteiger partial charge in [-0.25, -0.2) is 18.4 Å². The maximum atomic E-state index is 13.1. The summed E-state index contributed by atoms with van der Waals surface area (Å²) in [6, 6.07) is 24.3. The number of halogens is 1. The normalized spacial score (nSPS) is 16.2. The number of hydrogen-bond donors (Lipinski definition) is 2. The average Bonchev–Trinajstić information content (AvgIpc) is 3.56. The molecule has 3 aromatic carbocycles. The average molecular weight is 545 g/mol. The van der Waals surface area contributed by atoms with Crippen LogP contribution in [0.3, 0.4) is 0 Å². The van der Waals surface area contributed by atoms with Gasteiger partial charge in [0.05, 0.1) is 27.3 Å². The second-order valence-electron chi connectivity index (χ2n) is 9.22. The van der Waals surface area contributed by atoms with Crippen LogP contribution in [0.2, 0.25) is 5.02 Å². The third kappa shape index (κ3) is 4.49. The van der Waals surface area contributed by atoms with Gasteiger partial charge in [-0.3, -0.25) is 0 Å². The van der Waals surface area contributed by atoms with Crippen LogP contribution < -0.4 is 11.1 Å². The molecule has 0 spiro atoms. The van der Waals surface area contributed by atoms with E-state index in [2.05, 4.69) is 33.1 Å². The summed E-state index contributed by atoms with van der Waals surface area (Å²) >= 11 is 6.61. The molecule has 10 heteroatoms. The number of sulfonamides is 1. The maximum absolute atomic E-state index is 13.1. The van der Waals surface area contributed by atoms with E-state index >= 15 is 0 Å². The molecule has 2 aromatic heterocycles. The first kappa shape index (κ1) is 24.4.